The van der Waals surface area contributed by atoms with Gasteiger partial charge in [-0.1, -0.05) is 54.6 Å². The van der Waals surface area contributed by atoms with Crippen LogP contribution >= 0.6 is 7.37 Å². The Bertz CT molecular complexity index is 894. The fourth-order valence-electron chi connectivity index (χ4n) is 2.85. The minimum Gasteiger partial charge on any atom is -0.798 e. The Morgan fingerprint density at radius 3 is 2.00 bits per heavy atom. The van der Waals surface area contributed by atoms with Crippen LogP contribution in [0.5, 0.6) is 0 Å². The quantitative estimate of drug-likeness (QED) is 0.282. The van der Waals surface area contributed by atoms with Gasteiger partial charge in [0.1, 0.15) is 0 Å². The number of nitrogens with one attached hydrogen (secondary N) is 1. The van der Waals surface area contributed by atoms with Crippen molar-refractivity contribution in [2.75, 3.05) is 6.16 Å². The predicted molar refractivity (Wildman–Crippen MR) is 108 cm³/mol. The van der Waals surface area contributed by atoms with E-state index in [0.717, 1.165) is 16.7 Å². The molecule has 0 fully saturated rings. The Labute approximate surface area is 227 Å². The van der Waals surface area contributed by atoms with Crippen molar-refractivity contribution in [3.8, 4) is 11.1 Å². The van der Waals surface area contributed by atoms with Crippen LogP contribution in [-0.2, 0) is 20.6 Å². The molecule has 0 heterocycles. The van der Waals surface area contributed by atoms with Crippen molar-refractivity contribution in [3.63, 3.8) is 0 Å². The first kappa shape index (κ1) is 30.5. The van der Waals surface area contributed by atoms with E-state index in [4.69, 9.17) is 5.73 Å². The zero-order valence-corrected chi connectivity index (χ0v) is 23.3. The molecular weight excluding hydrogens is 437 g/mol. The first-order valence-corrected chi connectivity index (χ1v) is 11.2. The van der Waals surface area contributed by atoms with Crippen LogP contribution in [0.4, 0.5) is 0 Å². The fraction of sp³-hybridized carbons (Fsp3) is 0.333. The molecule has 10 heteroatoms. The molecule has 0 aromatic heterocycles. The van der Waals surface area contributed by atoms with Gasteiger partial charge in [-0.15, -0.1) is 0 Å². The average Bonchev–Trinajstić information content (AvgIpc) is 2.68. The summed E-state index contributed by atoms with van der Waals surface area (Å²) in [6.07, 6.45) is -0.309. The second-order valence-corrected chi connectivity index (χ2v) is 9.79. The SMILES string of the molecule is C[C@H](NC(=O)[C@H](Cc1ccc(-c2ccccc2)cc1)CP(=O)([O-])[C@H](C)N)C(=O)[O-].[Na+].[Na+]. The van der Waals surface area contributed by atoms with Crippen LogP contribution in [0.2, 0.25) is 0 Å². The Morgan fingerprint density at radius 2 is 1.52 bits per heavy atom. The maximum atomic E-state index is 12.5. The molecule has 7 nitrogen and oxygen atoms in total. The molecule has 1 unspecified atom stereocenters. The summed E-state index contributed by atoms with van der Waals surface area (Å²) in [5, 5.41) is 13.2. The molecule has 0 saturated carbocycles. The van der Waals surface area contributed by atoms with Gasteiger partial charge in [0.15, 0.2) is 0 Å². The Balaban J connectivity index is 0.00000450. The topological polar surface area (TPSA) is 135 Å². The minimum atomic E-state index is -4.03. The molecule has 0 saturated heterocycles. The molecule has 0 radical (unpaired) electrons. The van der Waals surface area contributed by atoms with E-state index >= 15 is 0 Å². The number of carboxylic acid groups (broad SMARTS) is 1. The van der Waals surface area contributed by atoms with Crippen molar-refractivity contribution in [1.82, 2.24) is 5.32 Å². The molecule has 2 aromatic carbocycles. The van der Waals surface area contributed by atoms with E-state index in [2.05, 4.69) is 5.32 Å². The van der Waals surface area contributed by atoms with E-state index in [0.29, 0.717) is 0 Å². The summed E-state index contributed by atoms with van der Waals surface area (Å²) >= 11 is 0. The van der Waals surface area contributed by atoms with Crippen molar-refractivity contribution < 1.29 is 83.3 Å². The molecule has 0 bridgehead atoms. The average molecular weight is 462 g/mol. The molecule has 1 amide bonds. The smallest absolute Gasteiger partial charge is 0.798 e. The van der Waals surface area contributed by atoms with E-state index in [1.165, 1.54) is 13.8 Å². The van der Waals surface area contributed by atoms with E-state index in [-0.39, 0.29) is 65.5 Å². The molecule has 3 N–H and O–H groups in total. The molecule has 0 aliphatic heterocycles. The van der Waals surface area contributed by atoms with Crippen LogP contribution in [0.3, 0.4) is 0 Å². The number of hydrogen-bond donors (Lipinski definition) is 2. The van der Waals surface area contributed by atoms with Gasteiger partial charge in [0.25, 0.3) is 0 Å². The van der Waals surface area contributed by atoms with Gasteiger partial charge in [-0.05, 0) is 37.0 Å². The number of aliphatic carboxylic acids is 1. The Morgan fingerprint density at radius 1 is 1.00 bits per heavy atom. The van der Waals surface area contributed by atoms with Crippen LogP contribution in [0.15, 0.2) is 54.6 Å². The maximum absolute atomic E-state index is 12.5. The number of benzene rings is 2. The van der Waals surface area contributed by atoms with Gasteiger partial charge in [-0.2, -0.15) is 0 Å². The van der Waals surface area contributed by atoms with Crippen LogP contribution in [-0.4, -0.2) is 29.9 Å². The van der Waals surface area contributed by atoms with Crippen molar-refractivity contribution in [2.24, 2.45) is 11.7 Å². The van der Waals surface area contributed by atoms with Gasteiger partial charge in [-0.3, -0.25) is 4.79 Å². The molecule has 2 aromatic rings. The third-order valence-electron chi connectivity index (χ3n) is 4.72. The summed E-state index contributed by atoms with van der Waals surface area (Å²) in [5.74, 6) is -4.17. The maximum Gasteiger partial charge on any atom is 1.00 e. The second kappa shape index (κ2) is 13.9. The minimum absolute atomic E-state index is 0. The van der Waals surface area contributed by atoms with Crippen molar-refractivity contribution in [2.45, 2.75) is 32.1 Å². The number of rotatable bonds is 9. The van der Waals surface area contributed by atoms with Crippen molar-refractivity contribution in [1.29, 1.82) is 0 Å². The van der Waals surface area contributed by atoms with Gasteiger partial charge in [0.2, 0.25) is 5.91 Å². The molecule has 31 heavy (non-hydrogen) atoms. The Hall–Kier alpha value is -0.470. The molecule has 0 aliphatic carbocycles. The Kier molecular flexibility index (Phi) is 13.7. The van der Waals surface area contributed by atoms with E-state index in [9.17, 15) is 24.2 Å². The summed E-state index contributed by atoms with van der Waals surface area (Å²) in [6, 6.07) is 16.0. The van der Waals surface area contributed by atoms with Gasteiger partial charge < -0.3 is 30.4 Å². The largest absolute Gasteiger partial charge is 1.00 e. The number of hydrogen-bond acceptors (Lipinski definition) is 6. The van der Waals surface area contributed by atoms with Crippen molar-refractivity contribution >= 4 is 19.2 Å². The zero-order valence-electron chi connectivity index (χ0n) is 18.4. The van der Waals surface area contributed by atoms with Gasteiger partial charge in [0, 0.05) is 25.2 Å². The van der Waals surface area contributed by atoms with Gasteiger partial charge in [-0.25, -0.2) is 0 Å². The molecule has 0 aliphatic rings. The van der Waals surface area contributed by atoms with Crippen molar-refractivity contribution in [3.05, 3.63) is 60.2 Å². The number of carboxylic acids is 1. The van der Waals surface area contributed by atoms with Gasteiger partial charge >= 0.3 is 59.1 Å². The predicted octanol–water partition coefficient (Wildman–Crippen LogP) is -5.28. The summed E-state index contributed by atoms with van der Waals surface area (Å²) < 4.78 is 12.3. The van der Waals surface area contributed by atoms with E-state index in [1.54, 1.807) is 0 Å². The van der Waals surface area contributed by atoms with E-state index in [1.807, 2.05) is 54.6 Å². The monoisotopic (exact) mass is 462 g/mol. The standard InChI is InChI=1S/C21H27N2O5P.2Na/c1-14(21(25)26)23-20(24)19(13-29(27,28)15(2)22)12-16-8-10-18(11-9-16)17-6-4-3-5-7-17;;/h3-11,14-15,19H,12-13,22H2,1-2H3,(H,23,24)(H,25,26)(H,27,28);;/q;2*+1/p-2/t14-,15+,19+;;/m0../s1. The van der Waals surface area contributed by atoms with Gasteiger partial charge in [0.05, 0.1) is 12.0 Å². The van der Waals surface area contributed by atoms with Crippen LogP contribution in [0.1, 0.15) is 19.4 Å². The summed E-state index contributed by atoms with van der Waals surface area (Å²) in [4.78, 5) is 35.8. The molecular formula is C21H25N2Na2O5P. The van der Waals surface area contributed by atoms with Crippen LogP contribution in [0, 0.1) is 5.92 Å². The molecule has 4 atom stereocenters. The molecule has 156 valence electrons. The second-order valence-electron chi connectivity index (χ2n) is 7.16. The summed E-state index contributed by atoms with van der Waals surface area (Å²) in [6.45, 7) is 2.61. The van der Waals surface area contributed by atoms with Crippen LogP contribution < -0.4 is 80.2 Å². The number of nitrogens with two attached hydrogens (primary N) is 1. The third-order valence-corrected chi connectivity index (χ3v) is 6.91. The third kappa shape index (κ3) is 9.50. The first-order chi connectivity index (χ1) is 13.6. The number of carbonyl (C=O) groups excluding carboxylic acids is 2. The first-order valence-electron chi connectivity index (χ1n) is 9.31. The number of amides is 1. The van der Waals surface area contributed by atoms with Crippen LogP contribution in [0.25, 0.3) is 11.1 Å². The summed E-state index contributed by atoms with van der Waals surface area (Å²) in [5.41, 5.74) is 8.32. The summed E-state index contributed by atoms with van der Waals surface area (Å²) in [7, 11) is -4.03. The zero-order chi connectivity index (χ0) is 21.6. The molecule has 0 spiro atoms. The molecule has 2 rings (SSSR count). The fourth-order valence-corrected chi connectivity index (χ4v) is 4.09. The number of carbonyl (C=O) groups is 2. The normalized spacial score (nSPS) is 15.2. The van der Waals surface area contributed by atoms with E-state index < -0.39 is 43.1 Å².